The smallest absolute Gasteiger partial charge is 0.343 e. The first kappa shape index (κ1) is 18.9. The molecular formula is C19H19FN4O2S. The number of aromatic amines is 1. The Morgan fingerprint density at radius 3 is 2.67 bits per heavy atom. The van der Waals surface area contributed by atoms with E-state index >= 15 is 0 Å². The van der Waals surface area contributed by atoms with Crippen molar-refractivity contribution in [1.29, 1.82) is 0 Å². The molecule has 27 heavy (non-hydrogen) atoms. The first-order valence-electron chi connectivity index (χ1n) is 8.45. The highest BCUT2D eigenvalue weighted by atomic mass is 32.2. The maximum absolute atomic E-state index is 13.6. The first-order valence-corrected chi connectivity index (χ1v) is 9.44. The summed E-state index contributed by atoms with van der Waals surface area (Å²) in [5, 5.41) is 9.52. The number of nitrogens with zero attached hydrogens (tertiary/aromatic N) is 2. The van der Waals surface area contributed by atoms with Gasteiger partial charge in [0, 0.05) is 18.7 Å². The maximum atomic E-state index is 13.6. The van der Waals surface area contributed by atoms with Gasteiger partial charge in [-0.15, -0.1) is 5.10 Å². The number of hydrogen-bond acceptors (Lipinski definition) is 4. The van der Waals surface area contributed by atoms with Crippen molar-refractivity contribution in [3.63, 3.8) is 0 Å². The lowest BCUT2D eigenvalue weighted by molar-refractivity contribution is -0.118. The van der Waals surface area contributed by atoms with Gasteiger partial charge in [0.15, 0.2) is 5.16 Å². The van der Waals surface area contributed by atoms with Crippen molar-refractivity contribution in [3.05, 3.63) is 82.0 Å². The van der Waals surface area contributed by atoms with Crippen LogP contribution in [0.15, 0.2) is 64.5 Å². The van der Waals surface area contributed by atoms with Crippen LogP contribution >= 0.6 is 11.8 Å². The molecule has 0 unspecified atom stereocenters. The van der Waals surface area contributed by atoms with Crippen LogP contribution < -0.4 is 11.0 Å². The fraction of sp³-hybridized carbons (Fsp3) is 0.211. The molecule has 1 aromatic heterocycles. The summed E-state index contributed by atoms with van der Waals surface area (Å²) in [7, 11) is 0. The molecule has 2 aromatic carbocycles. The Balaban J connectivity index is 1.53. The number of aromatic nitrogens is 3. The number of carbonyl (C=O) groups is 1. The van der Waals surface area contributed by atoms with Gasteiger partial charge in [0.2, 0.25) is 5.91 Å². The molecule has 0 saturated carbocycles. The van der Waals surface area contributed by atoms with Gasteiger partial charge in [-0.05, 0) is 18.1 Å². The van der Waals surface area contributed by atoms with E-state index in [0.29, 0.717) is 23.7 Å². The number of carbonyl (C=O) groups excluding carboxylic acids is 1. The molecule has 0 bridgehead atoms. The van der Waals surface area contributed by atoms with E-state index in [-0.39, 0.29) is 29.7 Å². The van der Waals surface area contributed by atoms with Crippen molar-refractivity contribution in [1.82, 2.24) is 20.1 Å². The Labute approximate surface area is 159 Å². The van der Waals surface area contributed by atoms with Crippen LogP contribution in [-0.4, -0.2) is 26.4 Å². The van der Waals surface area contributed by atoms with Crippen LogP contribution in [0.3, 0.4) is 0 Å². The van der Waals surface area contributed by atoms with E-state index in [1.54, 1.807) is 18.2 Å². The summed E-state index contributed by atoms with van der Waals surface area (Å²) in [6.45, 7) is 0.589. The molecule has 3 rings (SSSR count). The number of hydrogen-bond donors (Lipinski definition) is 2. The third-order valence-corrected chi connectivity index (χ3v) is 4.93. The van der Waals surface area contributed by atoms with Gasteiger partial charge in [-0.25, -0.2) is 14.3 Å². The number of benzene rings is 2. The summed E-state index contributed by atoms with van der Waals surface area (Å²) < 4.78 is 15.1. The Morgan fingerprint density at radius 2 is 1.89 bits per heavy atom. The highest BCUT2D eigenvalue weighted by Gasteiger charge is 2.12. The Bertz CT molecular complexity index is 956. The lowest BCUT2D eigenvalue weighted by Gasteiger charge is -2.07. The van der Waals surface area contributed by atoms with E-state index < -0.39 is 0 Å². The molecule has 0 fully saturated rings. The first-order chi connectivity index (χ1) is 13.1. The third kappa shape index (κ3) is 5.30. The normalized spacial score (nSPS) is 10.7. The summed E-state index contributed by atoms with van der Waals surface area (Å²) in [5.74, 6) is -0.523. The summed E-state index contributed by atoms with van der Waals surface area (Å²) in [6, 6.07) is 16.1. The number of halogens is 1. The zero-order valence-corrected chi connectivity index (χ0v) is 15.3. The van der Waals surface area contributed by atoms with Crippen LogP contribution in [0.1, 0.15) is 11.1 Å². The van der Waals surface area contributed by atoms with Gasteiger partial charge in [0.25, 0.3) is 0 Å². The zero-order valence-electron chi connectivity index (χ0n) is 14.5. The lowest BCUT2D eigenvalue weighted by Crippen LogP contribution is -2.25. The molecule has 1 heterocycles. The van der Waals surface area contributed by atoms with Crippen LogP contribution in [0.25, 0.3) is 0 Å². The monoisotopic (exact) mass is 386 g/mol. The van der Waals surface area contributed by atoms with Crippen molar-refractivity contribution in [2.24, 2.45) is 0 Å². The second-order valence-electron chi connectivity index (χ2n) is 5.86. The van der Waals surface area contributed by atoms with Gasteiger partial charge in [0.05, 0.1) is 5.75 Å². The topological polar surface area (TPSA) is 79.8 Å². The molecular weight excluding hydrogens is 367 g/mol. The van der Waals surface area contributed by atoms with Crippen LogP contribution in [0, 0.1) is 5.82 Å². The average molecular weight is 386 g/mol. The standard InChI is InChI=1S/C19H19FN4O2S/c20-16-9-5-4-8-15(16)12-21-17(25)13-27-19-23-22-18(26)24(19)11-10-14-6-2-1-3-7-14/h1-9H,10-13H2,(H,21,25)(H,22,26). The van der Waals surface area contributed by atoms with Gasteiger partial charge in [0.1, 0.15) is 5.82 Å². The summed E-state index contributed by atoms with van der Waals surface area (Å²) >= 11 is 1.17. The van der Waals surface area contributed by atoms with E-state index in [4.69, 9.17) is 0 Å². The molecule has 6 nitrogen and oxygen atoms in total. The van der Waals surface area contributed by atoms with Gasteiger partial charge in [-0.2, -0.15) is 0 Å². The SMILES string of the molecule is O=C(CSc1n[nH]c(=O)n1CCc1ccccc1)NCc1ccccc1F. The molecule has 0 saturated heterocycles. The molecule has 1 amide bonds. The summed E-state index contributed by atoms with van der Waals surface area (Å²) in [5.41, 5.74) is 1.24. The molecule has 0 aliphatic heterocycles. The molecule has 0 radical (unpaired) electrons. The van der Waals surface area contributed by atoms with Crippen molar-refractivity contribution in [2.45, 2.75) is 24.7 Å². The average Bonchev–Trinajstić information content (AvgIpc) is 3.04. The summed E-state index contributed by atoms with van der Waals surface area (Å²) in [4.78, 5) is 24.0. The predicted octanol–water partition coefficient (Wildman–Crippen LogP) is 2.36. The van der Waals surface area contributed by atoms with Crippen LogP contribution in [-0.2, 0) is 24.3 Å². The minimum atomic E-state index is -0.354. The van der Waals surface area contributed by atoms with Crippen molar-refractivity contribution >= 4 is 17.7 Å². The number of rotatable bonds is 8. The Kier molecular flexibility index (Phi) is 6.43. The number of nitrogens with one attached hydrogen (secondary N) is 2. The molecule has 0 spiro atoms. The van der Waals surface area contributed by atoms with Crippen LogP contribution in [0.4, 0.5) is 4.39 Å². The van der Waals surface area contributed by atoms with Gasteiger partial charge in [-0.1, -0.05) is 60.3 Å². The van der Waals surface area contributed by atoms with Crippen LogP contribution in [0.5, 0.6) is 0 Å². The van der Waals surface area contributed by atoms with E-state index in [1.165, 1.54) is 22.4 Å². The second-order valence-corrected chi connectivity index (χ2v) is 6.80. The lowest BCUT2D eigenvalue weighted by atomic mass is 10.1. The number of aryl methyl sites for hydroxylation is 1. The summed E-state index contributed by atoms with van der Waals surface area (Å²) in [6.07, 6.45) is 0.688. The van der Waals surface area contributed by atoms with Crippen molar-refractivity contribution < 1.29 is 9.18 Å². The van der Waals surface area contributed by atoms with E-state index in [2.05, 4.69) is 15.5 Å². The van der Waals surface area contributed by atoms with Crippen molar-refractivity contribution in [3.8, 4) is 0 Å². The Morgan fingerprint density at radius 1 is 1.15 bits per heavy atom. The maximum Gasteiger partial charge on any atom is 0.343 e. The Hall–Kier alpha value is -2.87. The minimum Gasteiger partial charge on any atom is -0.351 e. The third-order valence-electron chi connectivity index (χ3n) is 3.96. The van der Waals surface area contributed by atoms with Gasteiger partial charge < -0.3 is 5.32 Å². The molecule has 0 atom stereocenters. The van der Waals surface area contributed by atoms with E-state index in [9.17, 15) is 14.0 Å². The second kappa shape index (κ2) is 9.18. The molecule has 2 N–H and O–H groups in total. The van der Waals surface area contributed by atoms with Gasteiger partial charge in [-0.3, -0.25) is 9.36 Å². The van der Waals surface area contributed by atoms with Crippen molar-refractivity contribution in [2.75, 3.05) is 5.75 Å². The van der Waals surface area contributed by atoms with E-state index in [0.717, 1.165) is 5.56 Å². The number of amides is 1. The quantitative estimate of drug-likeness (QED) is 0.583. The zero-order chi connectivity index (χ0) is 19.1. The fourth-order valence-electron chi connectivity index (χ4n) is 2.51. The van der Waals surface area contributed by atoms with Crippen LogP contribution in [0.2, 0.25) is 0 Å². The molecule has 140 valence electrons. The molecule has 8 heteroatoms. The highest BCUT2D eigenvalue weighted by Crippen LogP contribution is 2.14. The molecule has 3 aromatic rings. The predicted molar refractivity (Wildman–Crippen MR) is 102 cm³/mol. The van der Waals surface area contributed by atoms with Gasteiger partial charge >= 0.3 is 5.69 Å². The minimum absolute atomic E-state index is 0.0874. The highest BCUT2D eigenvalue weighted by molar-refractivity contribution is 7.99. The largest absolute Gasteiger partial charge is 0.351 e. The molecule has 0 aliphatic carbocycles. The fourth-order valence-corrected chi connectivity index (χ4v) is 3.32. The number of thioether (sulfide) groups is 1. The molecule has 0 aliphatic rings. The number of H-pyrrole nitrogens is 1. The van der Waals surface area contributed by atoms with E-state index in [1.807, 2.05) is 30.3 Å².